The van der Waals surface area contributed by atoms with E-state index < -0.39 is 36.4 Å². The summed E-state index contributed by atoms with van der Waals surface area (Å²) in [7, 11) is 0. The first-order valence-electron chi connectivity index (χ1n) is 19.6. The number of amides is 2. The number of aliphatic carboxylic acids is 1. The van der Waals surface area contributed by atoms with Crippen LogP contribution in [0.15, 0.2) is 97.6 Å². The molecule has 2 aliphatic rings. The number of carboxylic acids is 1. The minimum atomic E-state index is -5.08. The number of nitrogens with one attached hydrogen (secondary N) is 3. The summed E-state index contributed by atoms with van der Waals surface area (Å²) in [5, 5.41) is 38.9. The number of rotatable bonds is 11. The number of aliphatic hydroxyl groups excluding tert-OH is 2. The van der Waals surface area contributed by atoms with E-state index in [1.165, 1.54) is 0 Å². The minimum Gasteiger partial charge on any atom is -0.475 e. The second-order valence-electron chi connectivity index (χ2n) is 14.7. The summed E-state index contributed by atoms with van der Waals surface area (Å²) < 4.78 is 33.5. The third-order valence-electron chi connectivity index (χ3n) is 10.7. The Balaban J connectivity index is 0.000000739. The molecular weight excluding hydrogens is 798 g/mol. The Morgan fingerprint density at radius 2 is 1.52 bits per heavy atom. The maximum Gasteiger partial charge on any atom is 0.490 e. The largest absolute Gasteiger partial charge is 0.490 e. The van der Waals surface area contributed by atoms with E-state index in [1.807, 2.05) is 41.3 Å². The average molecular weight is 841 g/mol. The molecule has 6 N–H and O–H groups in total. The van der Waals surface area contributed by atoms with Gasteiger partial charge in [0.05, 0.1) is 29.4 Å². The predicted octanol–water partition coefficient (Wildman–Crippen LogP) is 4.22. The molecule has 1 aliphatic carbocycles. The molecule has 19 heteroatoms. The molecule has 1 aliphatic heterocycles. The average Bonchev–Trinajstić information content (AvgIpc) is 3.99. The van der Waals surface area contributed by atoms with Gasteiger partial charge in [-0.25, -0.2) is 9.78 Å². The molecule has 0 spiro atoms. The number of carboxylic acid groups (broad SMARTS) is 1. The van der Waals surface area contributed by atoms with Gasteiger partial charge in [-0.1, -0.05) is 67.6 Å². The van der Waals surface area contributed by atoms with Gasteiger partial charge in [-0.15, -0.1) is 0 Å². The Morgan fingerprint density at radius 1 is 0.869 bits per heavy atom. The molecule has 16 nitrogen and oxygen atoms in total. The second kappa shape index (κ2) is 18.3. The van der Waals surface area contributed by atoms with Gasteiger partial charge in [0, 0.05) is 56.0 Å². The maximum atomic E-state index is 13.3. The molecule has 4 heterocycles. The molecule has 318 valence electrons. The maximum absolute atomic E-state index is 13.3. The van der Waals surface area contributed by atoms with E-state index in [2.05, 4.69) is 50.2 Å². The van der Waals surface area contributed by atoms with Crippen molar-refractivity contribution in [2.75, 3.05) is 29.9 Å². The van der Waals surface area contributed by atoms with Crippen molar-refractivity contribution in [1.82, 2.24) is 40.1 Å². The molecule has 0 radical (unpaired) electrons. The van der Waals surface area contributed by atoms with E-state index in [0.717, 1.165) is 16.6 Å². The summed E-state index contributed by atoms with van der Waals surface area (Å²) >= 11 is 0. The highest BCUT2D eigenvalue weighted by molar-refractivity contribution is 5.97. The van der Waals surface area contributed by atoms with Crippen molar-refractivity contribution < 1.29 is 42.9 Å². The number of aliphatic hydroxyl groups is 2. The quantitative estimate of drug-likeness (QED) is 0.108. The number of carbonyl (C=O) groups excluding carboxylic acids is 2. The van der Waals surface area contributed by atoms with Crippen LogP contribution in [0, 0.1) is 0 Å². The van der Waals surface area contributed by atoms with Crippen molar-refractivity contribution in [2.45, 2.75) is 68.6 Å². The van der Waals surface area contributed by atoms with E-state index in [0.29, 0.717) is 66.5 Å². The molecule has 6 aromatic rings. The molecule has 2 amide bonds. The van der Waals surface area contributed by atoms with Gasteiger partial charge in [0.15, 0.2) is 17.0 Å². The third kappa shape index (κ3) is 9.68. The molecular formula is C42H43F3N10O6. The first kappa shape index (κ1) is 42.4. The summed E-state index contributed by atoms with van der Waals surface area (Å²) in [6.45, 7) is 3.33. The van der Waals surface area contributed by atoms with Gasteiger partial charge in [-0.3, -0.25) is 19.6 Å². The predicted molar refractivity (Wildman–Crippen MR) is 218 cm³/mol. The van der Waals surface area contributed by atoms with E-state index >= 15 is 0 Å². The van der Waals surface area contributed by atoms with Crippen molar-refractivity contribution in [3.05, 3.63) is 114 Å². The van der Waals surface area contributed by atoms with E-state index in [-0.39, 0.29) is 30.2 Å². The highest BCUT2D eigenvalue weighted by Gasteiger charge is 2.44. The number of fused-ring (bicyclic) bond motifs is 2. The Hall–Kier alpha value is -6.73. The van der Waals surface area contributed by atoms with Crippen LogP contribution in [-0.4, -0.2) is 113 Å². The number of benzene rings is 3. The molecule has 3 aromatic carbocycles. The van der Waals surface area contributed by atoms with Gasteiger partial charge < -0.3 is 40.7 Å². The lowest BCUT2D eigenvalue weighted by atomic mass is 9.91. The fraction of sp³-hybridized carbons (Fsp3) is 0.333. The lowest BCUT2D eigenvalue weighted by Gasteiger charge is -2.22. The Labute approximate surface area is 346 Å². The topological polar surface area (TPSA) is 221 Å². The smallest absolute Gasteiger partial charge is 0.475 e. The highest BCUT2D eigenvalue weighted by Crippen LogP contribution is 2.36. The van der Waals surface area contributed by atoms with Crippen LogP contribution in [0.3, 0.4) is 0 Å². The normalized spacial score (nSPS) is 20.0. The van der Waals surface area contributed by atoms with Crippen LogP contribution in [0.25, 0.3) is 22.2 Å². The Kier molecular flexibility index (Phi) is 12.7. The van der Waals surface area contributed by atoms with Crippen LogP contribution in [0.2, 0.25) is 0 Å². The molecule has 0 bridgehead atoms. The third-order valence-corrected chi connectivity index (χ3v) is 10.7. The van der Waals surface area contributed by atoms with Gasteiger partial charge in [0.25, 0.3) is 5.91 Å². The van der Waals surface area contributed by atoms with Crippen molar-refractivity contribution in [3.63, 3.8) is 0 Å². The van der Waals surface area contributed by atoms with Crippen molar-refractivity contribution in [1.29, 1.82) is 0 Å². The molecule has 61 heavy (non-hydrogen) atoms. The number of halogens is 3. The van der Waals surface area contributed by atoms with Gasteiger partial charge in [0.1, 0.15) is 12.2 Å². The Bertz CT molecular complexity index is 2450. The van der Waals surface area contributed by atoms with Crippen molar-refractivity contribution in [3.8, 4) is 0 Å². The number of aromatic nitrogens is 6. The van der Waals surface area contributed by atoms with E-state index in [1.54, 1.807) is 48.4 Å². The zero-order valence-electron chi connectivity index (χ0n) is 32.8. The number of imidazole rings is 1. The lowest BCUT2D eigenvalue weighted by Crippen LogP contribution is -2.42. The van der Waals surface area contributed by atoms with Gasteiger partial charge in [-0.2, -0.15) is 23.1 Å². The number of alkyl halides is 3. The highest BCUT2D eigenvalue weighted by atomic mass is 19.4. The molecule has 5 atom stereocenters. The Morgan fingerprint density at radius 3 is 2.16 bits per heavy atom. The van der Waals surface area contributed by atoms with Crippen LogP contribution < -0.4 is 20.9 Å². The fourth-order valence-corrected chi connectivity index (χ4v) is 7.58. The fourth-order valence-electron chi connectivity index (χ4n) is 7.58. The minimum absolute atomic E-state index is 0.00477. The van der Waals surface area contributed by atoms with Crippen molar-refractivity contribution in [2.24, 2.45) is 0 Å². The number of carbonyl (C=O) groups is 3. The molecule has 1 saturated carbocycles. The number of hydrogen-bond acceptors (Lipinski definition) is 12. The SMILES string of the molecule is CCC(=O)N[C@H]1C[C@@H](n2cnc3c(NCC(c4ccccc4)c4ccccc4)nc(N4CC[C@@H](NC(=O)c5ccc6nccnc6c5)C4)nc32)[C@H](O)[C@@H]1O.O=C(O)C(F)(F)F. The van der Waals surface area contributed by atoms with E-state index in [4.69, 9.17) is 24.9 Å². The first-order valence-corrected chi connectivity index (χ1v) is 19.6. The first-order chi connectivity index (χ1) is 29.3. The molecule has 0 unspecified atom stereocenters. The zero-order chi connectivity index (χ0) is 43.3. The van der Waals surface area contributed by atoms with Crippen LogP contribution in [0.4, 0.5) is 24.9 Å². The van der Waals surface area contributed by atoms with Crippen LogP contribution >= 0.6 is 0 Å². The molecule has 1 saturated heterocycles. The number of nitrogens with zero attached hydrogens (tertiary/aromatic N) is 7. The summed E-state index contributed by atoms with van der Waals surface area (Å²) in [6.07, 6.45) is -1.31. The van der Waals surface area contributed by atoms with Gasteiger partial charge >= 0.3 is 12.1 Å². The molecule has 2 fully saturated rings. The summed E-state index contributed by atoms with van der Waals surface area (Å²) in [6, 6.07) is 24.5. The van der Waals surface area contributed by atoms with Crippen LogP contribution in [0.5, 0.6) is 0 Å². The monoisotopic (exact) mass is 840 g/mol. The standard InChI is InChI=1S/C40H42N10O4.C2HF3O2/c1-2-33(51)46-31-20-32(36(53)35(31)52)50-23-44-34-37(43-21-28(24-9-5-3-6-10-24)25-11-7-4-8-12-25)47-40(48-38(34)50)49-18-15-27(22-49)45-39(54)26-13-14-29-30(19-26)42-17-16-41-29;3-2(4,5)1(6)7/h3-14,16-17,19,23,27-28,31-32,35-36,52-53H,2,15,18,20-22H2,1H3,(H,45,54)(H,46,51)(H,43,47,48);(H,6,7)/t27-,31+,32-,35-,36+;/m1./s1. The molecule has 8 rings (SSSR count). The van der Waals surface area contributed by atoms with Crippen LogP contribution in [-0.2, 0) is 9.59 Å². The zero-order valence-corrected chi connectivity index (χ0v) is 32.8. The van der Waals surface area contributed by atoms with Gasteiger partial charge in [-0.05, 0) is 42.2 Å². The summed E-state index contributed by atoms with van der Waals surface area (Å²) in [5.41, 5.74) is 5.17. The molecule has 3 aromatic heterocycles. The van der Waals surface area contributed by atoms with Gasteiger partial charge in [0.2, 0.25) is 11.9 Å². The van der Waals surface area contributed by atoms with E-state index in [9.17, 15) is 33.0 Å². The number of hydrogen-bond donors (Lipinski definition) is 6. The lowest BCUT2D eigenvalue weighted by molar-refractivity contribution is -0.192. The van der Waals surface area contributed by atoms with Crippen molar-refractivity contribution >= 4 is 51.7 Å². The summed E-state index contributed by atoms with van der Waals surface area (Å²) in [5.74, 6) is -2.17. The van der Waals surface area contributed by atoms with Crippen LogP contribution in [0.1, 0.15) is 59.6 Å². The summed E-state index contributed by atoms with van der Waals surface area (Å²) in [4.78, 5) is 59.9. The number of anilines is 2. The second-order valence-corrected chi connectivity index (χ2v) is 14.7.